The number of urea groups is 1. The van der Waals surface area contributed by atoms with Crippen molar-refractivity contribution in [3.8, 4) is 0 Å². The minimum atomic E-state index is -4.46. The average molecular weight is 477 g/mol. The monoisotopic (exact) mass is 476 g/mol. The molecule has 0 spiro atoms. The largest absolute Gasteiger partial charge is 0.424 e. The number of benzene rings is 1. The summed E-state index contributed by atoms with van der Waals surface area (Å²) >= 11 is 3.04. The highest BCUT2D eigenvalue weighted by Gasteiger charge is 2.44. The highest BCUT2D eigenvalue weighted by Crippen LogP contribution is 2.40. The Kier molecular flexibility index (Phi) is 5.94. The number of hydrogen-bond acceptors (Lipinski definition) is 3. The third-order valence-electron chi connectivity index (χ3n) is 6.63. The molecule has 0 aromatic heterocycles. The van der Waals surface area contributed by atoms with Gasteiger partial charge in [0.05, 0.1) is 11.7 Å². The number of fused-ring (bicyclic) bond motifs is 1. The van der Waals surface area contributed by atoms with Gasteiger partial charge in [0.1, 0.15) is 11.7 Å². The molecule has 1 atom stereocenters. The van der Waals surface area contributed by atoms with Gasteiger partial charge in [0.25, 0.3) is 0 Å². The molecule has 29 heavy (non-hydrogen) atoms. The van der Waals surface area contributed by atoms with Gasteiger partial charge in [0.2, 0.25) is 0 Å². The molecule has 2 fully saturated rings. The number of amides is 2. The number of nitrogens with one attached hydrogen (secondary N) is 2. The summed E-state index contributed by atoms with van der Waals surface area (Å²) in [6.07, 6.45) is 2.06. The van der Waals surface area contributed by atoms with Gasteiger partial charge in [-0.15, -0.1) is 0 Å². The molecule has 2 N–H and O–H groups in total. The predicted octanol–water partition coefficient (Wildman–Crippen LogP) is 3.95. The molecule has 3 aliphatic rings. The quantitative estimate of drug-likeness (QED) is 0.694. The maximum absolute atomic E-state index is 13.2. The van der Waals surface area contributed by atoms with Crippen LogP contribution in [0.1, 0.15) is 44.1 Å². The van der Waals surface area contributed by atoms with E-state index in [0.29, 0.717) is 22.7 Å². The lowest BCUT2D eigenvalue weighted by Crippen LogP contribution is -3.13. The molecular formula is C20H26BrF3N3O2+. The molecule has 160 valence electrons. The van der Waals surface area contributed by atoms with Crippen molar-refractivity contribution in [1.29, 1.82) is 0 Å². The van der Waals surface area contributed by atoms with E-state index in [4.69, 9.17) is 4.74 Å². The second-order valence-electron chi connectivity index (χ2n) is 8.22. The van der Waals surface area contributed by atoms with Crippen molar-refractivity contribution in [2.24, 2.45) is 0 Å². The molecule has 5 nitrogen and oxygen atoms in total. The molecule has 2 heterocycles. The van der Waals surface area contributed by atoms with E-state index < -0.39 is 11.7 Å². The number of ether oxygens (including phenoxy) is 1. The lowest BCUT2D eigenvalue weighted by Gasteiger charge is -2.40. The van der Waals surface area contributed by atoms with Crippen LogP contribution in [-0.4, -0.2) is 49.3 Å². The van der Waals surface area contributed by atoms with Crippen molar-refractivity contribution in [2.45, 2.75) is 62.9 Å². The zero-order valence-electron chi connectivity index (χ0n) is 16.3. The van der Waals surface area contributed by atoms with Crippen molar-refractivity contribution in [3.05, 3.63) is 22.2 Å². The summed E-state index contributed by atoms with van der Waals surface area (Å²) in [5, 5.41) is 2.65. The van der Waals surface area contributed by atoms with Gasteiger partial charge < -0.3 is 4.74 Å². The number of halogens is 4. The third-order valence-corrected chi connectivity index (χ3v) is 7.28. The van der Waals surface area contributed by atoms with Gasteiger partial charge in [-0.1, -0.05) is 0 Å². The first kappa shape index (κ1) is 21.1. The third kappa shape index (κ3) is 4.19. The summed E-state index contributed by atoms with van der Waals surface area (Å²) < 4.78 is 44.9. The summed E-state index contributed by atoms with van der Waals surface area (Å²) in [5.41, 5.74) is 0.106. The van der Waals surface area contributed by atoms with E-state index in [1.54, 1.807) is 7.11 Å². The molecule has 0 radical (unpaired) electrons. The van der Waals surface area contributed by atoms with Gasteiger partial charge in [-0.2, -0.15) is 13.2 Å². The first-order valence-electron chi connectivity index (χ1n) is 10.1. The summed E-state index contributed by atoms with van der Waals surface area (Å²) in [7, 11) is 1.77. The summed E-state index contributed by atoms with van der Waals surface area (Å²) in [4.78, 5) is 15.7. The molecular weight excluding hydrogens is 451 g/mol. The van der Waals surface area contributed by atoms with Gasteiger partial charge in [0, 0.05) is 49.6 Å². The molecule has 1 saturated carbocycles. The first-order chi connectivity index (χ1) is 13.8. The van der Waals surface area contributed by atoms with Crippen LogP contribution in [0, 0.1) is 0 Å². The van der Waals surface area contributed by atoms with Gasteiger partial charge in [-0.05, 0) is 47.7 Å². The van der Waals surface area contributed by atoms with Crippen LogP contribution in [0.3, 0.4) is 0 Å². The number of alkyl halides is 3. The van der Waals surface area contributed by atoms with Crippen LogP contribution in [-0.2, 0) is 10.9 Å². The highest BCUT2D eigenvalue weighted by atomic mass is 79.9. The van der Waals surface area contributed by atoms with Crippen molar-refractivity contribution in [2.75, 3.05) is 25.5 Å². The molecule has 1 aromatic rings. The number of methoxy groups -OCH3 is 1. The standard InChI is InChI=1S/C20H25BrF3N3O2/c1-29-14-4-2-12(3-5-14)26-8-6-13(7-9-26)27-18-11-16(21)15(20(22,23)24)10-17(18)25-19(27)28/h10-14H,2-9H2,1H3,(H,25,28)/p+1. The van der Waals surface area contributed by atoms with Crippen LogP contribution < -0.4 is 10.2 Å². The Labute approximate surface area is 176 Å². The van der Waals surface area contributed by atoms with Crippen molar-refractivity contribution in [3.63, 3.8) is 0 Å². The lowest BCUT2D eigenvalue weighted by atomic mass is 9.90. The zero-order valence-corrected chi connectivity index (χ0v) is 17.9. The smallest absolute Gasteiger partial charge is 0.381 e. The fourth-order valence-corrected chi connectivity index (χ4v) is 5.60. The summed E-state index contributed by atoms with van der Waals surface area (Å²) in [6.45, 7) is 1.84. The van der Waals surface area contributed by atoms with Crippen LogP contribution in [0.4, 0.5) is 29.3 Å². The van der Waals surface area contributed by atoms with Gasteiger partial charge in [0.15, 0.2) is 5.69 Å². The average Bonchev–Trinajstić information content (AvgIpc) is 3.01. The number of carbonyl (C=O) groups is 1. The van der Waals surface area contributed by atoms with Crippen molar-refractivity contribution >= 4 is 33.3 Å². The second-order valence-corrected chi connectivity index (χ2v) is 9.07. The maximum atomic E-state index is 13.2. The molecule has 2 aliphatic heterocycles. The number of quaternary nitrogens is 1. The Morgan fingerprint density at radius 3 is 2.38 bits per heavy atom. The Morgan fingerprint density at radius 2 is 1.79 bits per heavy atom. The van der Waals surface area contributed by atoms with Crippen LogP contribution >= 0.6 is 15.9 Å². The topological polar surface area (TPSA) is 46.0 Å². The minimum Gasteiger partial charge on any atom is -0.381 e. The number of likely N-dealkylation sites (tertiary alicyclic amines) is 1. The molecule has 1 saturated heterocycles. The number of hydrogen-bond donors (Lipinski definition) is 2. The fraction of sp³-hybridized carbons (Fsp3) is 0.650. The van der Waals surface area contributed by atoms with E-state index in [9.17, 15) is 18.0 Å². The fourth-order valence-electron chi connectivity index (χ4n) is 5.03. The van der Waals surface area contributed by atoms with Crippen LogP contribution in [0.2, 0.25) is 0 Å². The van der Waals surface area contributed by atoms with E-state index in [1.807, 2.05) is 0 Å². The Balaban J connectivity index is 1.44. The summed E-state index contributed by atoms with van der Waals surface area (Å²) in [6, 6.07) is 2.87. The van der Waals surface area contributed by atoms with E-state index in [-0.39, 0.29) is 22.2 Å². The first-order valence-corrected chi connectivity index (χ1v) is 10.9. The number of carbonyl (C=O) groups excluding carboxylic acids is 1. The predicted molar refractivity (Wildman–Crippen MR) is 106 cm³/mol. The highest BCUT2D eigenvalue weighted by molar-refractivity contribution is 9.10. The van der Waals surface area contributed by atoms with Gasteiger partial charge in [-0.3, -0.25) is 10.2 Å². The van der Waals surface area contributed by atoms with Gasteiger partial charge in [-0.25, -0.2) is 9.69 Å². The SMILES string of the molecule is COC1CCC(N2CCC([NH+]3C(=O)Nc4cc(C(F)(F)F)c(Br)cc43)CC2)CC1. The van der Waals surface area contributed by atoms with E-state index in [1.165, 1.54) is 6.07 Å². The molecule has 0 bridgehead atoms. The number of nitrogens with zero attached hydrogens (tertiary/aromatic N) is 1. The molecule has 9 heteroatoms. The van der Waals surface area contributed by atoms with Crippen LogP contribution in [0.25, 0.3) is 0 Å². The maximum Gasteiger partial charge on any atom is 0.424 e. The zero-order chi connectivity index (χ0) is 20.8. The molecule has 2 amide bonds. The Hall–Kier alpha value is -1.16. The normalized spacial score (nSPS) is 29.0. The van der Waals surface area contributed by atoms with Crippen molar-refractivity contribution in [1.82, 2.24) is 4.90 Å². The van der Waals surface area contributed by atoms with Crippen LogP contribution in [0.5, 0.6) is 0 Å². The van der Waals surface area contributed by atoms with Gasteiger partial charge >= 0.3 is 12.2 Å². The number of piperidine rings is 1. The van der Waals surface area contributed by atoms with E-state index in [2.05, 4.69) is 26.1 Å². The molecule has 1 aromatic carbocycles. The molecule has 1 aliphatic carbocycles. The van der Waals surface area contributed by atoms with Crippen molar-refractivity contribution < 1.29 is 27.6 Å². The number of anilines is 1. The molecule has 4 rings (SSSR count). The minimum absolute atomic E-state index is 0.0231. The van der Waals surface area contributed by atoms with Crippen LogP contribution in [0.15, 0.2) is 16.6 Å². The Bertz CT molecular complexity index is 773. The number of rotatable bonds is 3. The second kappa shape index (κ2) is 8.17. The lowest BCUT2D eigenvalue weighted by molar-refractivity contribution is -0.770. The van der Waals surface area contributed by atoms with E-state index in [0.717, 1.165) is 57.7 Å². The molecule has 1 unspecified atom stereocenters. The summed E-state index contributed by atoms with van der Waals surface area (Å²) in [5.74, 6) is 0. The Morgan fingerprint density at radius 1 is 1.14 bits per heavy atom. The van der Waals surface area contributed by atoms with E-state index >= 15 is 0 Å².